The summed E-state index contributed by atoms with van der Waals surface area (Å²) in [6.45, 7) is 4.75. The Morgan fingerprint density at radius 1 is 1.20 bits per heavy atom. The molecule has 0 aliphatic heterocycles. The van der Waals surface area contributed by atoms with E-state index in [2.05, 4.69) is 15.3 Å². The van der Waals surface area contributed by atoms with Crippen LogP contribution in [0.25, 0.3) is 0 Å². The molecule has 0 atom stereocenters. The normalized spacial score (nSPS) is 10.8. The summed E-state index contributed by atoms with van der Waals surface area (Å²) in [7, 11) is 0. The third-order valence-corrected chi connectivity index (χ3v) is 4.91. The van der Waals surface area contributed by atoms with E-state index in [1.54, 1.807) is 35.4 Å². The van der Waals surface area contributed by atoms with Crippen LogP contribution in [0.3, 0.4) is 0 Å². The van der Waals surface area contributed by atoms with E-state index >= 15 is 0 Å². The lowest BCUT2D eigenvalue weighted by Gasteiger charge is -2.22. The molecular formula is C22H25ClN4O3. The molecule has 0 saturated carbocycles. The number of carbonyl (C=O) groups is 1. The maximum atomic E-state index is 12.8. The van der Waals surface area contributed by atoms with Gasteiger partial charge in [0.05, 0.1) is 25.0 Å². The second-order valence-electron chi connectivity index (χ2n) is 6.87. The van der Waals surface area contributed by atoms with Gasteiger partial charge in [-0.25, -0.2) is 9.78 Å². The highest BCUT2D eigenvalue weighted by molar-refractivity contribution is 6.30. The molecule has 0 unspecified atom stereocenters. The van der Waals surface area contributed by atoms with Crippen molar-refractivity contribution in [3.8, 4) is 0 Å². The quantitative estimate of drug-likeness (QED) is 0.569. The van der Waals surface area contributed by atoms with Gasteiger partial charge in [0.1, 0.15) is 11.6 Å². The summed E-state index contributed by atoms with van der Waals surface area (Å²) in [4.78, 5) is 34.4. The molecule has 0 aliphatic rings. The zero-order valence-corrected chi connectivity index (χ0v) is 17.8. The van der Waals surface area contributed by atoms with Crippen LogP contribution >= 0.6 is 11.6 Å². The van der Waals surface area contributed by atoms with Crippen molar-refractivity contribution >= 4 is 17.6 Å². The Morgan fingerprint density at radius 3 is 2.60 bits per heavy atom. The van der Waals surface area contributed by atoms with Gasteiger partial charge >= 0.3 is 6.03 Å². The fourth-order valence-electron chi connectivity index (χ4n) is 3.19. The predicted octanol–water partition coefficient (Wildman–Crippen LogP) is 3.90. The van der Waals surface area contributed by atoms with Crippen molar-refractivity contribution in [3.05, 3.63) is 86.4 Å². The molecule has 3 rings (SSSR count). The highest BCUT2D eigenvalue weighted by Crippen LogP contribution is 2.15. The molecule has 1 aromatic carbocycles. The van der Waals surface area contributed by atoms with Crippen LogP contribution in [0.15, 0.2) is 51.9 Å². The van der Waals surface area contributed by atoms with Crippen molar-refractivity contribution in [1.82, 2.24) is 20.2 Å². The standard InChI is InChI=1S/C22H25ClN4O3/c1-3-19-18(12-15-7-9-16(23)10-8-15)21(28)26-20(25-19)14-27(22(29)24-4-2)13-17-6-5-11-30-17/h5-11H,3-4,12-14H2,1-2H3,(H,24,29)(H,25,26,28). The van der Waals surface area contributed by atoms with Crippen LogP contribution in [0.4, 0.5) is 4.79 Å². The number of aromatic nitrogens is 2. The number of carbonyl (C=O) groups excluding carboxylic acids is 1. The number of aromatic amines is 1. The van der Waals surface area contributed by atoms with Gasteiger partial charge in [0, 0.05) is 23.6 Å². The Bertz CT molecular complexity index is 1030. The molecule has 0 radical (unpaired) electrons. The topological polar surface area (TPSA) is 91.2 Å². The summed E-state index contributed by atoms with van der Waals surface area (Å²) in [6, 6.07) is 10.7. The molecule has 2 amide bonds. The van der Waals surface area contributed by atoms with Crippen LogP contribution in [0.1, 0.15) is 42.3 Å². The summed E-state index contributed by atoms with van der Waals surface area (Å²) in [5.41, 5.74) is 2.13. The van der Waals surface area contributed by atoms with Gasteiger partial charge in [-0.2, -0.15) is 0 Å². The van der Waals surface area contributed by atoms with Crippen LogP contribution in [0.2, 0.25) is 5.02 Å². The number of hydrogen-bond donors (Lipinski definition) is 2. The van der Waals surface area contributed by atoms with Crippen molar-refractivity contribution in [2.45, 2.75) is 39.8 Å². The lowest BCUT2D eigenvalue weighted by Crippen LogP contribution is -2.39. The zero-order chi connectivity index (χ0) is 21.5. The van der Waals surface area contributed by atoms with Gasteiger partial charge in [0.2, 0.25) is 0 Å². The first-order chi connectivity index (χ1) is 14.5. The summed E-state index contributed by atoms with van der Waals surface area (Å²) in [5.74, 6) is 1.09. The van der Waals surface area contributed by atoms with Gasteiger partial charge in [-0.05, 0) is 43.2 Å². The largest absolute Gasteiger partial charge is 0.467 e. The van der Waals surface area contributed by atoms with Crippen molar-refractivity contribution in [1.29, 1.82) is 0 Å². The average molecular weight is 429 g/mol. The van der Waals surface area contributed by atoms with E-state index in [0.717, 1.165) is 11.3 Å². The fourth-order valence-corrected chi connectivity index (χ4v) is 3.31. The molecule has 2 N–H and O–H groups in total. The van der Waals surface area contributed by atoms with E-state index in [4.69, 9.17) is 16.0 Å². The second kappa shape index (κ2) is 10.1. The molecule has 0 spiro atoms. The minimum Gasteiger partial charge on any atom is -0.467 e. The van der Waals surface area contributed by atoms with E-state index in [0.29, 0.717) is 41.6 Å². The lowest BCUT2D eigenvalue weighted by atomic mass is 10.0. The number of rotatable bonds is 8. The molecule has 7 nitrogen and oxygen atoms in total. The number of nitrogens with zero attached hydrogens (tertiary/aromatic N) is 2. The van der Waals surface area contributed by atoms with Gasteiger partial charge in [-0.15, -0.1) is 0 Å². The van der Waals surface area contributed by atoms with Crippen LogP contribution in [0.5, 0.6) is 0 Å². The molecule has 8 heteroatoms. The minimum absolute atomic E-state index is 0.163. The molecule has 0 aliphatic carbocycles. The summed E-state index contributed by atoms with van der Waals surface area (Å²) in [6.07, 6.45) is 2.64. The third-order valence-electron chi connectivity index (χ3n) is 4.66. The predicted molar refractivity (Wildman–Crippen MR) is 116 cm³/mol. The van der Waals surface area contributed by atoms with Crippen LogP contribution in [-0.4, -0.2) is 27.4 Å². The van der Waals surface area contributed by atoms with Gasteiger partial charge in [-0.1, -0.05) is 30.7 Å². The number of nitrogens with one attached hydrogen (secondary N) is 2. The van der Waals surface area contributed by atoms with Crippen LogP contribution in [0, 0.1) is 0 Å². The van der Waals surface area contributed by atoms with Crippen LogP contribution < -0.4 is 10.9 Å². The molecule has 30 heavy (non-hydrogen) atoms. The van der Waals surface area contributed by atoms with Crippen molar-refractivity contribution in [3.63, 3.8) is 0 Å². The number of furan rings is 1. The summed E-state index contributed by atoms with van der Waals surface area (Å²) >= 11 is 5.95. The molecule has 0 bridgehead atoms. The maximum absolute atomic E-state index is 12.8. The molecule has 158 valence electrons. The molecule has 0 fully saturated rings. The van der Waals surface area contributed by atoms with E-state index in [1.807, 2.05) is 26.0 Å². The maximum Gasteiger partial charge on any atom is 0.318 e. The van der Waals surface area contributed by atoms with E-state index < -0.39 is 0 Å². The Balaban J connectivity index is 1.85. The SMILES string of the molecule is CCNC(=O)N(Cc1nc(CC)c(Cc2ccc(Cl)cc2)c(=O)[nH]1)Cc1ccco1. The smallest absolute Gasteiger partial charge is 0.318 e. The Labute approximate surface area is 180 Å². The lowest BCUT2D eigenvalue weighted by molar-refractivity contribution is 0.186. The molecule has 0 saturated heterocycles. The number of halogens is 1. The number of amides is 2. The highest BCUT2D eigenvalue weighted by Gasteiger charge is 2.18. The number of aryl methyl sites for hydroxylation is 1. The first-order valence-electron chi connectivity index (χ1n) is 9.90. The Morgan fingerprint density at radius 2 is 1.97 bits per heavy atom. The molecule has 3 aromatic rings. The molecular weight excluding hydrogens is 404 g/mol. The monoisotopic (exact) mass is 428 g/mol. The average Bonchev–Trinajstić information content (AvgIpc) is 3.24. The highest BCUT2D eigenvalue weighted by atomic mass is 35.5. The number of urea groups is 1. The number of H-pyrrole nitrogens is 1. The Kier molecular flexibility index (Phi) is 7.30. The first kappa shape index (κ1) is 21.6. The van der Waals surface area contributed by atoms with Crippen molar-refractivity contribution < 1.29 is 9.21 Å². The van der Waals surface area contributed by atoms with E-state index in [9.17, 15) is 9.59 Å². The molecule has 2 aromatic heterocycles. The van der Waals surface area contributed by atoms with E-state index in [1.165, 1.54) is 0 Å². The Hall–Kier alpha value is -3.06. The van der Waals surface area contributed by atoms with Gasteiger partial charge < -0.3 is 19.6 Å². The van der Waals surface area contributed by atoms with Crippen LogP contribution in [-0.2, 0) is 25.9 Å². The summed E-state index contributed by atoms with van der Waals surface area (Å²) < 4.78 is 5.37. The van der Waals surface area contributed by atoms with E-state index in [-0.39, 0.29) is 24.7 Å². The van der Waals surface area contributed by atoms with Gasteiger partial charge in [0.15, 0.2) is 0 Å². The number of hydrogen-bond acceptors (Lipinski definition) is 4. The van der Waals surface area contributed by atoms with Crippen molar-refractivity contribution in [2.24, 2.45) is 0 Å². The number of benzene rings is 1. The summed E-state index contributed by atoms with van der Waals surface area (Å²) in [5, 5.41) is 3.44. The fraction of sp³-hybridized carbons (Fsp3) is 0.318. The third kappa shape index (κ3) is 5.51. The molecule has 2 heterocycles. The minimum atomic E-state index is -0.250. The second-order valence-corrected chi connectivity index (χ2v) is 7.30. The van der Waals surface area contributed by atoms with Crippen molar-refractivity contribution in [2.75, 3.05) is 6.54 Å². The zero-order valence-electron chi connectivity index (χ0n) is 17.1. The van der Waals surface area contributed by atoms with Gasteiger partial charge in [0.25, 0.3) is 5.56 Å². The first-order valence-corrected chi connectivity index (χ1v) is 10.3. The van der Waals surface area contributed by atoms with Gasteiger partial charge in [-0.3, -0.25) is 4.79 Å².